The van der Waals surface area contributed by atoms with Crippen LogP contribution in [-0.4, -0.2) is 14.2 Å². The van der Waals surface area contributed by atoms with E-state index in [-0.39, 0.29) is 0 Å². The number of aryl methyl sites for hydroxylation is 1. The minimum atomic E-state index is 0.836. The van der Waals surface area contributed by atoms with Crippen LogP contribution in [-0.2, 0) is 6.42 Å². The van der Waals surface area contributed by atoms with Crippen molar-refractivity contribution in [2.75, 3.05) is 14.2 Å². The quantitative estimate of drug-likeness (QED) is 0.707. The maximum atomic E-state index is 5.14. The number of methoxy groups -OCH3 is 2. The average molecular weight is 179 g/mol. The Kier molecular flexibility index (Phi) is 3.62. The summed E-state index contributed by atoms with van der Waals surface area (Å²) in [5, 5.41) is 0. The van der Waals surface area contributed by atoms with Gasteiger partial charge in [0.05, 0.1) is 14.2 Å². The smallest absolute Gasteiger partial charge is 0.122 e. The van der Waals surface area contributed by atoms with Gasteiger partial charge in [0.2, 0.25) is 0 Å². The lowest BCUT2D eigenvalue weighted by molar-refractivity contribution is 0.393. The predicted molar refractivity (Wildman–Crippen MR) is 53.2 cm³/mol. The Balaban J connectivity index is 2.93. The van der Waals surface area contributed by atoms with Crippen LogP contribution in [0.3, 0.4) is 0 Å². The predicted octanol–water partition coefficient (Wildman–Crippen LogP) is 2.47. The Morgan fingerprint density at radius 1 is 1.08 bits per heavy atom. The van der Waals surface area contributed by atoms with Gasteiger partial charge in [0.25, 0.3) is 0 Å². The van der Waals surface area contributed by atoms with Gasteiger partial charge in [0, 0.05) is 6.07 Å². The molecule has 0 saturated heterocycles. The van der Waals surface area contributed by atoms with Crippen LogP contribution in [0.2, 0.25) is 0 Å². The zero-order valence-electron chi connectivity index (χ0n) is 8.17. The lowest BCUT2D eigenvalue weighted by atomic mass is 10.1. The number of hydrogen-bond donors (Lipinski definition) is 0. The Bertz CT molecular complexity index is 247. The molecule has 0 atom stereocenters. The molecule has 0 bridgehead atoms. The fraction of sp³-hybridized carbons (Fsp3) is 0.364. The van der Waals surface area contributed by atoms with Crippen molar-refractivity contribution in [3.8, 4) is 11.5 Å². The van der Waals surface area contributed by atoms with Crippen LogP contribution in [0.1, 0.15) is 12.0 Å². The van der Waals surface area contributed by atoms with E-state index in [0.717, 1.165) is 24.3 Å². The maximum absolute atomic E-state index is 5.14. The first-order chi connectivity index (χ1) is 6.30. The third-order valence-electron chi connectivity index (χ3n) is 1.88. The van der Waals surface area contributed by atoms with E-state index in [2.05, 4.69) is 6.92 Å². The molecule has 1 rings (SSSR count). The zero-order chi connectivity index (χ0) is 9.68. The first-order valence-electron chi connectivity index (χ1n) is 4.31. The highest BCUT2D eigenvalue weighted by Gasteiger charge is 2.00. The molecule has 1 radical (unpaired) electrons. The molecule has 0 saturated carbocycles. The summed E-state index contributed by atoms with van der Waals surface area (Å²) in [5.74, 6) is 1.67. The summed E-state index contributed by atoms with van der Waals surface area (Å²) in [6, 6.07) is 5.88. The second-order valence-corrected chi connectivity index (χ2v) is 2.82. The van der Waals surface area contributed by atoms with Gasteiger partial charge in [0.1, 0.15) is 11.5 Å². The zero-order valence-corrected chi connectivity index (χ0v) is 8.17. The topological polar surface area (TPSA) is 18.5 Å². The normalized spacial score (nSPS) is 9.77. The molecule has 0 unspecified atom stereocenters. The van der Waals surface area contributed by atoms with E-state index in [4.69, 9.17) is 9.47 Å². The number of hydrogen-bond acceptors (Lipinski definition) is 2. The van der Waals surface area contributed by atoms with Gasteiger partial charge < -0.3 is 9.47 Å². The summed E-state index contributed by atoms with van der Waals surface area (Å²) in [5.41, 5.74) is 1.20. The van der Waals surface area contributed by atoms with Gasteiger partial charge in [-0.1, -0.05) is 6.92 Å². The van der Waals surface area contributed by atoms with Gasteiger partial charge in [-0.05, 0) is 30.5 Å². The van der Waals surface area contributed by atoms with Gasteiger partial charge in [0.15, 0.2) is 0 Å². The Labute approximate surface area is 79.5 Å². The van der Waals surface area contributed by atoms with Crippen LogP contribution in [0.15, 0.2) is 18.2 Å². The molecule has 0 heterocycles. The Morgan fingerprint density at radius 2 is 1.62 bits per heavy atom. The van der Waals surface area contributed by atoms with Crippen molar-refractivity contribution in [1.29, 1.82) is 0 Å². The van der Waals surface area contributed by atoms with Gasteiger partial charge in [-0.3, -0.25) is 0 Å². The highest BCUT2D eigenvalue weighted by molar-refractivity contribution is 5.38. The third-order valence-corrected chi connectivity index (χ3v) is 1.88. The van der Waals surface area contributed by atoms with Crippen molar-refractivity contribution in [3.63, 3.8) is 0 Å². The van der Waals surface area contributed by atoms with Crippen LogP contribution in [0.5, 0.6) is 11.5 Å². The van der Waals surface area contributed by atoms with Crippen molar-refractivity contribution in [1.82, 2.24) is 0 Å². The molecule has 2 heteroatoms. The molecule has 0 amide bonds. The lowest BCUT2D eigenvalue weighted by Gasteiger charge is -2.07. The van der Waals surface area contributed by atoms with Crippen LogP contribution in [0.25, 0.3) is 0 Å². The van der Waals surface area contributed by atoms with Gasteiger partial charge in [-0.2, -0.15) is 0 Å². The fourth-order valence-electron chi connectivity index (χ4n) is 1.21. The lowest BCUT2D eigenvalue weighted by Crippen LogP contribution is -1.90. The molecule has 71 valence electrons. The van der Waals surface area contributed by atoms with E-state index in [1.165, 1.54) is 5.56 Å². The largest absolute Gasteiger partial charge is 0.497 e. The van der Waals surface area contributed by atoms with Crippen LogP contribution >= 0.6 is 0 Å². The van der Waals surface area contributed by atoms with E-state index in [0.29, 0.717) is 0 Å². The molecular formula is C11H15O2. The molecule has 0 spiro atoms. The standard InChI is InChI=1S/C11H15O2/c1-4-5-9-6-10(12-2)8-11(7-9)13-3/h6-8H,1,4-5H2,2-3H3. The Hall–Kier alpha value is -1.18. The number of ether oxygens (including phenoxy) is 2. The first-order valence-corrected chi connectivity index (χ1v) is 4.31. The summed E-state index contributed by atoms with van der Waals surface area (Å²) >= 11 is 0. The number of benzene rings is 1. The van der Waals surface area contributed by atoms with Crippen LogP contribution < -0.4 is 9.47 Å². The molecule has 0 aromatic heterocycles. The van der Waals surface area contributed by atoms with E-state index >= 15 is 0 Å². The minimum absolute atomic E-state index is 0.836. The molecule has 0 aliphatic carbocycles. The highest BCUT2D eigenvalue weighted by atomic mass is 16.5. The molecule has 0 fully saturated rings. The van der Waals surface area contributed by atoms with Gasteiger partial charge in [-0.25, -0.2) is 0 Å². The molecule has 13 heavy (non-hydrogen) atoms. The Morgan fingerprint density at radius 3 is 2.00 bits per heavy atom. The van der Waals surface area contributed by atoms with Crippen molar-refractivity contribution < 1.29 is 9.47 Å². The van der Waals surface area contributed by atoms with E-state index in [1.807, 2.05) is 18.2 Å². The van der Waals surface area contributed by atoms with E-state index in [1.54, 1.807) is 14.2 Å². The molecule has 0 aliphatic heterocycles. The molecule has 1 aromatic rings. The van der Waals surface area contributed by atoms with Gasteiger partial charge >= 0.3 is 0 Å². The van der Waals surface area contributed by atoms with E-state index in [9.17, 15) is 0 Å². The average Bonchev–Trinajstić information content (AvgIpc) is 2.17. The monoisotopic (exact) mass is 179 g/mol. The second kappa shape index (κ2) is 4.75. The fourth-order valence-corrected chi connectivity index (χ4v) is 1.21. The van der Waals surface area contributed by atoms with Crippen LogP contribution in [0, 0.1) is 6.92 Å². The van der Waals surface area contributed by atoms with E-state index < -0.39 is 0 Å². The van der Waals surface area contributed by atoms with Crippen molar-refractivity contribution >= 4 is 0 Å². The molecule has 1 aromatic carbocycles. The van der Waals surface area contributed by atoms with Crippen LogP contribution in [0.4, 0.5) is 0 Å². The summed E-state index contributed by atoms with van der Waals surface area (Å²) in [7, 11) is 3.31. The molecule has 2 nitrogen and oxygen atoms in total. The van der Waals surface area contributed by atoms with Gasteiger partial charge in [-0.15, -0.1) is 0 Å². The number of rotatable bonds is 4. The molecule has 0 N–H and O–H groups in total. The third kappa shape index (κ3) is 2.65. The van der Waals surface area contributed by atoms with Crippen molar-refractivity contribution in [2.45, 2.75) is 12.8 Å². The summed E-state index contributed by atoms with van der Waals surface area (Å²) < 4.78 is 10.3. The minimum Gasteiger partial charge on any atom is -0.497 e. The summed E-state index contributed by atoms with van der Waals surface area (Å²) in [6.07, 6.45) is 1.84. The SMILES string of the molecule is [CH2]CCc1cc(OC)cc(OC)c1. The first kappa shape index (κ1) is 9.90. The van der Waals surface area contributed by atoms with Crippen molar-refractivity contribution in [2.24, 2.45) is 0 Å². The second-order valence-electron chi connectivity index (χ2n) is 2.82. The maximum Gasteiger partial charge on any atom is 0.122 e. The highest BCUT2D eigenvalue weighted by Crippen LogP contribution is 2.22. The summed E-state index contributed by atoms with van der Waals surface area (Å²) in [6.45, 7) is 3.81. The van der Waals surface area contributed by atoms with Crippen molar-refractivity contribution in [3.05, 3.63) is 30.7 Å². The molecular weight excluding hydrogens is 164 g/mol. The summed E-state index contributed by atoms with van der Waals surface area (Å²) in [4.78, 5) is 0. The molecule has 0 aliphatic rings.